The summed E-state index contributed by atoms with van der Waals surface area (Å²) in [6, 6.07) is 0. The molecule has 1 saturated heterocycles. The predicted molar refractivity (Wildman–Crippen MR) is 98.0 cm³/mol. The molecule has 0 spiro atoms. The lowest BCUT2D eigenvalue weighted by Gasteiger charge is -2.34. The van der Waals surface area contributed by atoms with Crippen molar-refractivity contribution in [2.45, 2.75) is 78.0 Å². The van der Waals surface area contributed by atoms with E-state index in [1.165, 1.54) is 11.0 Å². The van der Waals surface area contributed by atoms with Crippen molar-refractivity contribution < 1.29 is 27.5 Å². The Balaban J connectivity index is 2.86. The summed E-state index contributed by atoms with van der Waals surface area (Å²) < 4.78 is 36.3. The topological polar surface area (TPSA) is 102 Å². The molecule has 0 radical (unpaired) electrons. The van der Waals surface area contributed by atoms with Crippen molar-refractivity contribution in [1.29, 1.82) is 0 Å². The number of nitrogens with one attached hydrogen (secondary N) is 1. The SMILES string of the molecule is CC(C)(C)OC(=O)NS(=O)(=O)/C=C/[C@@]1(C)CCCN1C(=O)OC(C)(C)C. The zero-order valence-electron chi connectivity index (χ0n) is 16.6. The number of hydrogen-bond acceptors (Lipinski definition) is 6. The van der Waals surface area contributed by atoms with E-state index in [1.54, 1.807) is 48.5 Å². The van der Waals surface area contributed by atoms with Gasteiger partial charge in [-0.1, -0.05) is 0 Å². The van der Waals surface area contributed by atoms with Crippen LogP contribution in [-0.2, 0) is 19.5 Å². The molecule has 0 aromatic carbocycles. The lowest BCUT2D eigenvalue weighted by Crippen LogP contribution is -2.46. The second-order valence-electron chi connectivity index (χ2n) is 8.54. The number of sulfonamides is 1. The van der Waals surface area contributed by atoms with E-state index in [-0.39, 0.29) is 0 Å². The fourth-order valence-corrected chi connectivity index (χ4v) is 3.28. The first-order valence-electron chi connectivity index (χ1n) is 8.49. The van der Waals surface area contributed by atoms with Gasteiger partial charge in [0.15, 0.2) is 0 Å². The van der Waals surface area contributed by atoms with E-state index in [9.17, 15) is 18.0 Å². The van der Waals surface area contributed by atoms with Gasteiger partial charge < -0.3 is 9.47 Å². The van der Waals surface area contributed by atoms with Crippen LogP contribution < -0.4 is 4.72 Å². The monoisotopic (exact) mass is 390 g/mol. The Hall–Kier alpha value is -1.77. The van der Waals surface area contributed by atoms with Crippen molar-refractivity contribution in [3.05, 3.63) is 11.5 Å². The van der Waals surface area contributed by atoms with Gasteiger partial charge in [-0.05, 0) is 67.4 Å². The average molecular weight is 391 g/mol. The van der Waals surface area contributed by atoms with E-state index in [2.05, 4.69) is 0 Å². The molecule has 1 rings (SSSR count). The maximum Gasteiger partial charge on any atom is 0.421 e. The Morgan fingerprint density at radius 3 is 2.12 bits per heavy atom. The molecular weight excluding hydrogens is 360 g/mol. The van der Waals surface area contributed by atoms with Crippen LogP contribution >= 0.6 is 0 Å². The molecule has 0 aliphatic carbocycles. The summed E-state index contributed by atoms with van der Waals surface area (Å²) in [5, 5.41) is 0.889. The lowest BCUT2D eigenvalue weighted by molar-refractivity contribution is 0.0168. The summed E-state index contributed by atoms with van der Waals surface area (Å²) in [6.07, 6.45) is 1.16. The van der Waals surface area contributed by atoms with Gasteiger partial charge in [0.2, 0.25) is 0 Å². The quantitative estimate of drug-likeness (QED) is 0.794. The van der Waals surface area contributed by atoms with Crippen LogP contribution in [0, 0.1) is 0 Å². The molecule has 9 heteroatoms. The van der Waals surface area contributed by atoms with E-state index < -0.39 is 39.0 Å². The molecule has 0 aromatic heterocycles. The Morgan fingerprint density at radius 2 is 1.62 bits per heavy atom. The van der Waals surface area contributed by atoms with Crippen molar-refractivity contribution in [3.63, 3.8) is 0 Å². The Kier molecular flexibility index (Phi) is 6.39. The average Bonchev–Trinajstić information content (AvgIpc) is 2.74. The zero-order chi connectivity index (χ0) is 20.4. The minimum absolute atomic E-state index is 0.468. The number of carbonyl (C=O) groups excluding carboxylic acids is 2. The zero-order valence-corrected chi connectivity index (χ0v) is 17.4. The minimum atomic E-state index is -4.05. The van der Waals surface area contributed by atoms with Gasteiger partial charge in [-0.3, -0.25) is 4.90 Å². The fraction of sp³-hybridized carbons (Fsp3) is 0.765. The third-order valence-corrected chi connectivity index (χ3v) is 4.47. The number of carbonyl (C=O) groups is 2. The number of rotatable bonds is 3. The molecule has 1 fully saturated rings. The smallest absolute Gasteiger partial charge is 0.421 e. The van der Waals surface area contributed by atoms with Gasteiger partial charge in [-0.2, -0.15) is 0 Å². The molecule has 1 N–H and O–H groups in total. The second-order valence-corrected chi connectivity index (χ2v) is 10.1. The molecule has 0 saturated carbocycles. The van der Waals surface area contributed by atoms with Crippen molar-refractivity contribution in [3.8, 4) is 0 Å². The van der Waals surface area contributed by atoms with Crippen molar-refractivity contribution in [2.75, 3.05) is 6.54 Å². The Morgan fingerprint density at radius 1 is 1.08 bits per heavy atom. The predicted octanol–water partition coefficient (Wildman–Crippen LogP) is 3.14. The third kappa shape index (κ3) is 7.23. The highest BCUT2D eigenvalue weighted by Gasteiger charge is 2.40. The molecule has 0 aromatic rings. The summed E-state index contributed by atoms with van der Waals surface area (Å²) in [4.78, 5) is 25.5. The van der Waals surface area contributed by atoms with Gasteiger partial charge in [-0.25, -0.2) is 22.7 Å². The highest BCUT2D eigenvalue weighted by Crippen LogP contribution is 2.32. The molecular formula is C17H30N2O6S. The molecule has 1 atom stereocenters. The van der Waals surface area contributed by atoms with Gasteiger partial charge in [0.05, 0.1) is 5.54 Å². The van der Waals surface area contributed by atoms with Crippen LogP contribution in [0.2, 0.25) is 0 Å². The Bertz CT molecular complexity index is 672. The first kappa shape index (κ1) is 22.3. The number of hydrogen-bond donors (Lipinski definition) is 1. The lowest BCUT2D eigenvalue weighted by atomic mass is 10.00. The fourth-order valence-electron chi connectivity index (χ4n) is 2.46. The van der Waals surface area contributed by atoms with Crippen molar-refractivity contribution >= 4 is 22.2 Å². The highest BCUT2D eigenvalue weighted by molar-refractivity contribution is 7.92. The van der Waals surface area contributed by atoms with Gasteiger partial charge in [0, 0.05) is 12.0 Å². The first-order chi connectivity index (χ1) is 11.5. The normalized spacial score (nSPS) is 21.7. The van der Waals surface area contributed by atoms with E-state index in [0.717, 1.165) is 11.8 Å². The van der Waals surface area contributed by atoms with Crippen molar-refractivity contribution in [2.24, 2.45) is 0 Å². The molecule has 1 aliphatic rings. The summed E-state index contributed by atoms with van der Waals surface area (Å²) in [5.74, 6) is 0. The number of likely N-dealkylation sites (tertiary alicyclic amines) is 1. The molecule has 8 nitrogen and oxygen atoms in total. The number of amides is 2. The Labute approximate surface area is 156 Å². The van der Waals surface area contributed by atoms with Crippen LogP contribution in [0.25, 0.3) is 0 Å². The van der Waals surface area contributed by atoms with E-state index >= 15 is 0 Å². The van der Waals surface area contributed by atoms with Gasteiger partial charge in [-0.15, -0.1) is 0 Å². The van der Waals surface area contributed by atoms with Gasteiger partial charge in [0.25, 0.3) is 10.0 Å². The summed E-state index contributed by atoms with van der Waals surface area (Å²) in [7, 11) is -4.05. The van der Waals surface area contributed by atoms with Crippen LogP contribution in [0.1, 0.15) is 61.3 Å². The van der Waals surface area contributed by atoms with Crippen molar-refractivity contribution in [1.82, 2.24) is 9.62 Å². The highest BCUT2D eigenvalue weighted by atomic mass is 32.2. The van der Waals surface area contributed by atoms with Crippen LogP contribution in [0.15, 0.2) is 11.5 Å². The number of nitrogens with zero attached hydrogens (tertiary/aromatic N) is 1. The number of ether oxygens (including phenoxy) is 2. The standard InChI is InChI=1S/C17H30N2O6S/c1-15(2,3)24-13(20)18-26(22,23)12-10-17(7)9-8-11-19(17)14(21)25-16(4,5)6/h10,12H,8-9,11H2,1-7H3,(H,18,20)/b12-10+/t17-/m1/s1. The first-order valence-corrected chi connectivity index (χ1v) is 10.0. The van der Waals surface area contributed by atoms with E-state index in [0.29, 0.717) is 13.0 Å². The van der Waals surface area contributed by atoms with Gasteiger partial charge >= 0.3 is 12.2 Å². The molecule has 0 unspecified atom stereocenters. The summed E-state index contributed by atoms with van der Waals surface area (Å²) in [5.41, 5.74) is -2.27. The molecule has 1 heterocycles. The summed E-state index contributed by atoms with van der Waals surface area (Å²) in [6.45, 7) is 12.4. The molecule has 150 valence electrons. The molecule has 1 aliphatic heterocycles. The maximum absolute atomic E-state index is 12.4. The molecule has 26 heavy (non-hydrogen) atoms. The minimum Gasteiger partial charge on any atom is -0.444 e. The van der Waals surface area contributed by atoms with E-state index in [4.69, 9.17) is 9.47 Å². The second kappa shape index (κ2) is 7.46. The largest absolute Gasteiger partial charge is 0.444 e. The maximum atomic E-state index is 12.4. The van der Waals surface area contributed by atoms with Crippen LogP contribution in [-0.4, -0.2) is 48.8 Å². The van der Waals surface area contributed by atoms with Crippen LogP contribution in [0.3, 0.4) is 0 Å². The van der Waals surface area contributed by atoms with E-state index in [1.807, 2.05) is 4.72 Å². The summed E-state index contributed by atoms with van der Waals surface area (Å²) >= 11 is 0. The van der Waals surface area contributed by atoms with Crippen LogP contribution in [0.5, 0.6) is 0 Å². The van der Waals surface area contributed by atoms with Crippen LogP contribution in [0.4, 0.5) is 9.59 Å². The van der Waals surface area contributed by atoms with Gasteiger partial charge in [0.1, 0.15) is 11.2 Å². The third-order valence-electron chi connectivity index (χ3n) is 3.53. The molecule has 2 amide bonds. The molecule has 0 bridgehead atoms.